The summed E-state index contributed by atoms with van der Waals surface area (Å²) in [4.78, 5) is 1.58. The van der Waals surface area contributed by atoms with E-state index < -0.39 is 11.7 Å². The fourth-order valence-corrected chi connectivity index (χ4v) is 2.95. The van der Waals surface area contributed by atoms with Gasteiger partial charge in [-0.15, -0.1) is 16.4 Å². The Morgan fingerprint density at radius 3 is 2.71 bits per heavy atom. The van der Waals surface area contributed by atoms with Gasteiger partial charge in [0.05, 0.1) is 10.4 Å². The van der Waals surface area contributed by atoms with Crippen molar-refractivity contribution in [2.75, 3.05) is 0 Å². The van der Waals surface area contributed by atoms with Crippen LogP contribution in [-0.4, -0.2) is 15.4 Å². The van der Waals surface area contributed by atoms with Gasteiger partial charge in [0.1, 0.15) is 11.8 Å². The molecule has 0 radical (unpaired) electrons. The van der Waals surface area contributed by atoms with E-state index in [0.29, 0.717) is 11.3 Å². The molecule has 0 saturated heterocycles. The molecule has 0 saturated carbocycles. The van der Waals surface area contributed by atoms with Gasteiger partial charge in [-0.25, -0.2) is 0 Å². The summed E-state index contributed by atoms with van der Waals surface area (Å²) >= 11 is 1.37. The smallest absolute Gasteiger partial charge is 0.196 e. The highest BCUT2D eigenvalue weighted by Gasteiger charge is 2.30. The quantitative estimate of drug-likeness (QED) is 0.754. The van der Waals surface area contributed by atoms with E-state index in [1.54, 1.807) is 30.4 Å². The standard InChI is InChI=1S/C16H9F3N4S/c17-16(18,19)11-3-1-2-10(8-11)4-5-12-6-7-14(24-12)15-13(9-20)21-23-22-15/h1-8H,(H,21,22,23)/b5-4+. The summed E-state index contributed by atoms with van der Waals surface area (Å²) in [5, 5.41) is 19.0. The lowest BCUT2D eigenvalue weighted by atomic mass is 10.1. The highest BCUT2D eigenvalue weighted by molar-refractivity contribution is 7.16. The monoisotopic (exact) mass is 346 g/mol. The number of rotatable bonds is 3. The third-order valence-electron chi connectivity index (χ3n) is 3.17. The van der Waals surface area contributed by atoms with Crippen LogP contribution in [0.15, 0.2) is 36.4 Å². The first-order valence-corrected chi connectivity index (χ1v) is 7.55. The lowest BCUT2D eigenvalue weighted by Gasteiger charge is -2.06. The molecule has 8 heteroatoms. The summed E-state index contributed by atoms with van der Waals surface area (Å²) in [5.41, 5.74) is 0.433. The Balaban J connectivity index is 1.83. The average Bonchev–Trinajstić information content (AvgIpc) is 3.21. The maximum atomic E-state index is 12.7. The van der Waals surface area contributed by atoms with Crippen LogP contribution >= 0.6 is 11.3 Å². The zero-order valence-corrected chi connectivity index (χ0v) is 12.8. The number of thiophene rings is 1. The van der Waals surface area contributed by atoms with Gasteiger partial charge in [-0.2, -0.15) is 28.7 Å². The fourth-order valence-electron chi connectivity index (χ4n) is 2.05. The molecule has 0 bridgehead atoms. The van der Waals surface area contributed by atoms with Crippen molar-refractivity contribution in [1.82, 2.24) is 15.4 Å². The number of nitrogens with zero attached hydrogens (tertiary/aromatic N) is 3. The van der Waals surface area contributed by atoms with Crippen LogP contribution in [0.5, 0.6) is 0 Å². The lowest BCUT2D eigenvalue weighted by molar-refractivity contribution is -0.137. The molecule has 0 unspecified atom stereocenters. The van der Waals surface area contributed by atoms with Crippen LogP contribution in [0, 0.1) is 11.3 Å². The van der Waals surface area contributed by atoms with Crippen LogP contribution in [-0.2, 0) is 6.18 Å². The Morgan fingerprint density at radius 1 is 1.12 bits per heavy atom. The SMILES string of the molecule is N#Cc1n[nH]nc1-c1ccc(/C=C/c2cccc(C(F)(F)F)c2)s1. The molecule has 3 aromatic rings. The molecule has 0 aliphatic carbocycles. The van der Waals surface area contributed by atoms with Gasteiger partial charge in [0.15, 0.2) is 5.69 Å². The molecule has 0 aliphatic rings. The largest absolute Gasteiger partial charge is 0.416 e. The van der Waals surface area contributed by atoms with E-state index in [4.69, 9.17) is 5.26 Å². The normalized spacial score (nSPS) is 11.8. The molecule has 1 N–H and O–H groups in total. The Bertz CT molecular complexity index is 931. The van der Waals surface area contributed by atoms with E-state index in [0.717, 1.165) is 21.9 Å². The second-order valence-electron chi connectivity index (χ2n) is 4.79. The minimum Gasteiger partial charge on any atom is -0.196 e. The number of aromatic nitrogens is 3. The van der Waals surface area contributed by atoms with E-state index in [2.05, 4.69) is 15.4 Å². The van der Waals surface area contributed by atoms with Gasteiger partial charge in [0.25, 0.3) is 0 Å². The highest BCUT2D eigenvalue weighted by atomic mass is 32.1. The first-order chi connectivity index (χ1) is 11.5. The molecule has 0 aliphatic heterocycles. The van der Waals surface area contributed by atoms with Gasteiger partial charge in [0, 0.05) is 4.88 Å². The molecule has 2 aromatic heterocycles. The van der Waals surface area contributed by atoms with Gasteiger partial charge in [0.2, 0.25) is 0 Å². The molecular weight excluding hydrogens is 337 g/mol. The lowest BCUT2D eigenvalue weighted by Crippen LogP contribution is -2.04. The van der Waals surface area contributed by atoms with Gasteiger partial charge < -0.3 is 0 Å². The molecular formula is C16H9F3N4S. The van der Waals surface area contributed by atoms with E-state index in [-0.39, 0.29) is 5.69 Å². The van der Waals surface area contributed by atoms with Gasteiger partial charge in [-0.1, -0.05) is 18.2 Å². The maximum absolute atomic E-state index is 12.7. The van der Waals surface area contributed by atoms with Gasteiger partial charge in [-0.05, 0) is 35.9 Å². The van der Waals surface area contributed by atoms with Crippen molar-refractivity contribution >= 4 is 23.5 Å². The summed E-state index contributed by atoms with van der Waals surface area (Å²) in [6, 6.07) is 10.6. The fraction of sp³-hybridized carbons (Fsp3) is 0.0625. The molecule has 1 aromatic carbocycles. The number of halogens is 3. The number of nitrogens with one attached hydrogen (secondary N) is 1. The topological polar surface area (TPSA) is 65.4 Å². The molecule has 2 heterocycles. The van der Waals surface area contributed by atoms with Crippen LogP contribution in [0.3, 0.4) is 0 Å². The number of aromatic amines is 1. The van der Waals surface area contributed by atoms with Crippen molar-refractivity contribution in [3.05, 3.63) is 58.1 Å². The Labute approximate surface area is 138 Å². The van der Waals surface area contributed by atoms with Gasteiger partial charge in [-0.3, -0.25) is 0 Å². The first-order valence-electron chi connectivity index (χ1n) is 6.74. The van der Waals surface area contributed by atoms with E-state index in [1.807, 2.05) is 6.07 Å². The van der Waals surface area contributed by atoms with Crippen molar-refractivity contribution in [2.24, 2.45) is 0 Å². The number of nitriles is 1. The van der Waals surface area contributed by atoms with Crippen LogP contribution in [0.2, 0.25) is 0 Å². The number of alkyl halides is 3. The molecule has 0 spiro atoms. The highest BCUT2D eigenvalue weighted by Crippen LogP contribution is 2.31. The van der Waals surface area contributed by atoms with Crippen LogP contribution in [0.4, 0.5) is 13.2 Å². The summed E-state index contributed by atoms with van der Waals surface area (Å²) in [6.45, 7) is 0. The predicted molar refractivity (Wildman–Crippen MR) is 84.8 cm³/mol. The molecule has 0 atom stereocenters. The second-order valence-corrected chi connectivity index (χ2v) is 5.91. The Kier molecular flexibility index (Phi) is 4.18. The van der Waals surface area contributed by atoms with Crippen molar-refractivity contribution in [2.45, 2.75) is 6.18 Å². The van der Waals surface area contributed by atoms with E-state index >= 15 is 0 Å². The first kappa shape index (κ1) is 16.0. The number of H-pyrrole nitrogens is 1. The second kappa shape index (κ2) is 6.29. The molecule has 3 rings (SSSR count). The van der Waals surface area contributed by atoms with Crippen LogP contribution in [0.1, 0.15) is 21.7 Å². The molecule has 4 nitrogen and oxygen atoms in total. The van der Waals surface area contributed by atoms with Crippen molar-refractivity contribution < 1.29 is 13.2 Å². The van der Waals surface area contributed by atoms with Crippen molar-refractivity contribution in [3.8, 4) is 16.6 Å². The number of hydrogen-bond donors (Lipinski definition) is 1. The zero-order chi connectivity index (χ0) is 17.2. The minimum atomic E-state index is -4.36. The minimum absolute atomic E-state index is 0.199. The van der Waals surface area contributed by atoms with E-state index in [9.17, 15) is 13.2 Å². The van der Waals surface area contributed by atoms with Crippen LogP contribution < -0.4 is 0 Å². The molecule has 0 fully saturated rings. The third-order valence-corrected chi connectivity index (χ3v) is 4.23. The summed E-state index contributed by atoms with van der Waals surface area (Å²) in [7, 11) is 0. The number of hydrogen-bond acceptors (Lipinski definition) is 4. The molecule has 120 valence electrons. The Morgan fingerprint density at radius 2 is 1.96 bits per heavy atom. The van der Waals surface area contributed by atoms with Crippen molar-refractivity contribution in [1.29, 1.82) is 5.26 Å². The average molecular weight is 346 g/mol. The summed E-state index contributed by atoms with van der Waals surface area (Å²) in [5.74, 6) is 0. The summed E-state index contributed by atoms with van der Waals surface area (Å²) in [6.07, 6.45) is -1.03. The van der Waals surface area contributed by atoms with Gasteiger partial charge >= 0.3 is 6.18 Å². The zero-order valence-electron chi connectivity index (χ0n) is 12.0. The predicted octanol–water partition coefficient (Wildman–Crippen LogP) is 4.59. The Hall–Kier alpha value is -2.92. The van der Waals surface area contributed by atoms with Crippen molar-refractivity contribution in [3.63, 3.8) is 0 Å². The molecule has 0 amide bonds. The maximum Gasteiger partial charge on any atom is 0.416 e. The summed E-state index contributed by atoms with van der Waals surface area (Å²) < 4.78 is 38.1. The van der Waals surface area contributed by atoms with E-state index in [1.165, 1.54) is 17.4 Å². The van der Waals surface area contributed by atoms with Crippen LogP contribution in [0.25, 0.3) is 22.7 Å². The third kappa shape index (κ3) is 3.36. The molecule has 24 heavy (non-hydrogen) atoms. The number of benzene rings is 1.